The minimum atomic E-state index is -0.586. The highest BCUT2D eigenvalue weighted by atomic mass is 16.5. The predicted octanol–water partition coefficient (Wildman–Crippen LogP) is 1.41. The summed E-state index contributed by atoms with van der Waals surface area (Å²) in [5.41, 5.74) is 1.54. The third-order valence-corrected chi connectivity index (χ3v) is 7.14. The zero-order valence-corrected chi connectivity index (χ0v) is 22.4. The maximum absolute atomic E-state index is 13.4. The lowest BCUT2D eigenvalue weighted by atomic mass is 10.1. The van der Waals surface area contributed by atoms with E-state index in [4.69, 9.17) is 14.2 Å². The number of benzene rings is 2. The summed E-state index contributed by atoms with van der Waals surface area (Å²) in [5, 5.41) is 5.77. The van der Waals surface area contributed by atoms with E-state index in [1.54, 1.807) is 44.3 Å². The van der Waals surface area contributed by atoms with Gasteiger partial charge in [-0.15, -0.1) is 0 Å². The maximum Gasteiger partial charge on any atom is 0.263 e. The summed E-state index contributed by atoms with van der Waals surface area (Å²) in [7, 11) is 3.09. The van der Waals surface area contributed by atoms with Crippen LogP contribution in [-0.2, 0) is 18.4 Å². The Bertz CT molecular complexity index is 1520. The number of pyridine rings is 1. The molecule has 0 saturated carbocycles. The molecule has 3 aliphatic rings. The molecule has 208 valence electrons. The smallest absolute Gasteiger partial charge is 0.263 e. The number of hydrogen-bond donors (Lipinski definition) is 2. The van der Waals surface area contributed by atoms with Gasteiger partial charge in [-0.1, -0.05) is 12.1 Å². The lowest BCUT2D eigenvalue weighted by Crippen LogP contribution is -2.45. The number of nitrogens with zero attached hydrogens (tertiary/aromatic N) is 2. The third kappa shape index (κ3) is 5.49. The van der Waals surface area contributed by atoms with Crippen LogP contribution in [-0.4, -0.2) is 66.1 Å². The molecule has 0 radical (unpaired) electrons. The molecule has 1 aromatic heterocycles. The van der Waals surface area contributed by atoms with Crippen LogP contribution in [0.5, 0.6) is 17.2 Å². The van der Waals surface area contributed by atoms with Gasteiger partial charge in [0.2, 0.25) is 0 Å². The molecule has 2 N–H and O–H groups in total. The number of hydrogen-bond acceptors (Lipinski definition) is 7. The van der Waals surface area contributed by atoms with Crippen molar-refractivity contribution >= 4 is 17.7 Å². The van der Waals surface area contributed by atoms with Gasteiger partial charge in [-0.2, -0.15) is 0 Å². The Morgan fingerprint density at radius 3 is 2.55 bits per heavy atom. The average Bonchev–Trinajstić information content (AvgIpc) is 3.35. The van der Waals surface area contributed by atoms with Gasteiger partial charge in [0.1, 0.15) is 17.4 Å². The second-order valence-electron chi connectivity index (χ2n) is 9.77. The molecule has 1 saturated heterocycles. The molecule has 0 spiro atoms. The second kappa shape index (κ2) is 11.1. The number of rotatable bonds is 2. The Balaban J connectivity index is 1.46. The van der Waals surface area contributed by atoms with E-state index >= 15 is 0 Å². The molecule has 40 heavy (non-hydrogen) atoms. The van der Waals surface area contributed by atoms with E-state index in [0.29, 0.717) is 18.0 Å². The number of fused-ring (bicyclic) bond motifs is 7. The molecule has 11 nitrogen and oxygen atoms in total. The summed E-state index contributed by atoms with van der Waals surface area (Å²) < 4.78 is 18.7. The molecule has 2 aromatic carbocycles. The van der Waals surface area contributed by atoms with Crippen LogP contribution in [0.2, 0.25) is 0 Å². The quantitative estimate of drug-likeness (QED) is 0.498. The van der Waals surface area contributed by atoms with E-state index in [9.17, 15) is 19.2 Å². The van der Waals surface area contributed by atoms with E-state index < -0.39 is 24.0 Å². The standard InChI is InChI=1S/C29H30N4O7/c1-17-4-10-21(28(36)32(17)2)29(37)33-14-22-25(15-33)40-20-8-5-18(6-9-20)13-30-26(34)16-39-24-12-19(27(35)31-22)7-11-23(24)38-3/h4-12,22,25H,13-16H2,1-3H3,(H,30,34)(H,31,35)/t22-,25-/m0/s1. The number of amides is 3. The van der Waals surface area contributed by atoms with Crippen LogP contribution in [0.1, 0.15) is 32.0 Å². The molecule has 2 atom stereocenters. The third-order valence-electron chi connectivity index (χ3n) is 7.14. The number of carbonyl (C=O) groups excluding carboxylic acids is 3. The number of nitrogens with one attached hydrogen (secondary N) is 2. The second-order valence-corrected chi connectivity index (χ2v) is 9.77. The number of aryl methyl sites for hydroxylation is 1. The first-order chi connectivity index (χ1) is 19.2. The minimum absolute atomic E-state index is 0.0524. The minimum Gasteiger partial charge on any atom is -0.493 e. The van der Waals surface area contributed by atoms with Gasteiger partial charge in [-0.25, -0.2) is 0 Å². The van der Waals surface area contributed by atoms with E-state index in [-0.39, 0.29) is 48.0 Å². The molecule has 6 rings (SSSR count). The Morgan fingerprint density at radius 2 is 1.80 bits per heavy atom. The first-order valence-electron chi connectivity index (χ1n) is 12.8. The maximum atomic E-state index is 13.4. The van der Waals surface area contributed by atoms with Gasteiger partial charge < -0.3 is 34.3 Å². The first kappa shape index (κ1) is 26.8. The van der Waals surface area contributed by atoms with Crippen molar-refractivity contribution in [3.63, 3.8) is 0 Å². The van der Waals surface area contributed by atoms with Gasteiger partial charge in [0.05, 0.1) is 19.7 Å². The van der Waals surface area contributed by atoms with Gasteiger partial charge in [0.25, 0.3) is 23.3 Å². The van der Waals surface area contributed by atoms with Gasteiger partial charge in [-0.05, 0) is 55.0 Å². The topological polar surface area (TPSA) is 128 Å². The monoisotopic (exact) mass is 546 g/mol. The lowest BCUT2D eigenvalue weighted by Gasteiger charge is -2.21. The van der Waals surface area contributed by atoms with Crippen molar-refractivity contribution in [2.24, 2.45) is 7.05 Å². The van der Waals surface area contributed by atoms with E-state index in [1.165, 1.54) is 28.7 Å². The number of carbonyl (C=O) groups is 3. The summed E-state index contributed by atoms with van der Waals surface area (Å²) in [4.78, 5) is 53.4. The fourth-order valence-corrected chi connectivity index (χ4v) is 4.70. The molecule has 3 amide bonds. The van der Waals surface area contributed by atoms with Crippen LogP contribution in [0, 0.1) is 6.92 Å². The lowest BCUT2D eigenvalue weighted by molar-refractivity contribution is -0.123. The summed E-state index contributed by atoms with van der Waals surface area (Å²) >= 11 is 0. The van der Waals surface area contributed by atoms with Crippen molar-refractivity contribution < 1.29 is 28.6 Å². The van der Waals surface area contributed by atoms with Gasteiger partial charge in [-0.3, -0.25) is 19.2 Å². The Morgan fingerprint density at radius 1 is 1.02 bits per heavy atom. The highest BCUT2D eigenvalue weighted by molar-refractivity contribution is 5.96. The predicted molar refractivity (Wildman–Crippen MR) is 145 cm³/mol. The fraction of sp³-hybridized carbons (Fsp3) is 0.310. The van der Waals surface area contributed by atoms with Gasteiger partial charge >= 0.3 is 0 Å². The molecule has 3 aliphatic heterocycles. The zero-order chi connectivity index (χ0) is 28.4. The number of aromatic nitrogens is 1. The van der Waals surface area contributed by atoms with Gasteiger partial charge in [0, 0.05) is 31.4 Å². The fourth-order valence-electron chi connectivity index (χ4n) is 4.70. The molecule has 0 unspecified atom stereocenters. The number of methoxy groups -OCH3 is 1. The molecule has 0 aliphatic carbocycles. The van der Waals surface area contributed by atoms with Crippen LogP contribution in [0.15, 0.2) is 59.4 Å². The highest BCUT2D eigenvalue weighted by Crippen LogP contribution is 2.29. The molecule has 4 bridgehead atoms. The molecular formula is C29H30N4O7. The summed E-state index contributed by atoms with van der Waals surface area (Å²) in [6.45, 7) is 2.12. The number of likely N-dealkylation sites (tertiary alicyclic amines) is 1. The van der Waals surface area contributed by atoms with E-state index in [0.717, 1.165) is 11.3 Å². The van der Waals surface area contributed by atoms with Crippen molar-refractivity contribution in [1.82, 2.24) is 20.1 Å². The Labute approximate surface area is 230 Å². The first-order valence-corrected chi connectivity index (χ1v) is 12.8. The molecule has 3 aromatic rings. The van der Waals surface area contributed by atoms with Crippen molar-refractivity contribution in [2.75, 3.05) is 26.8 Å². The average molecular weight is 547 g/mol. The van der Waals surface area contributed by atoms with Crippen LogP contribution in [0.4, 0.5) is 0 Å². The summed E-state index contributed by atoms with van der Waals surface area (Å²) in [6, 6.07) is 14.5. The summed E-state index contributed by atoms with van der Waals surface area (Å²) in [6.07, 6.45) is -0.586. The van der Waals surface area contributed by atoms with Crippen molar-refractivity contribution in [1.29, 1.82) is 0 Å². The van der Waals surface area contributed by atoms with Crippen LogP contribution in [0.3, 0.4) is 0 Å². The van der Waals surface area contributed by atoms with E-state index in [1.807, 2.05) is 12.1 Å². The molecule has 1 fully saturated rings. The molecule has 4 heterocycles. The van der Waals surface area contributed by atoms with Crippen LogP contribution < -0.4 is 30.4 Å². The zero-order valence-electron chi connectivity index (χ0n) is 22.4. The van der Waals surface area contributed by atoms with Crippen molar-refractivity contribution in [3.8, 4) is 17.2 Å². The van der Waals surface area contributed by atoms with Gasteiger partial charge in [0.15, 0.2) is 18.1 Å². The largest absolute Gasteiger partial charge is 0.493 e. The molecule has 11 heteroatoms. The molecular weight excluding hydrogens is 516 g/mol. The summed E-state index contributed by atoms with van der Waals surface area (Å²) in [5.74, 6) is -0.0283. The number of ether oxygens (including phenoxy) is 3. The normalized spacial score (nSPS) is 19.0. The SMILES string of the molecule is COc1ccc2cc1OCC(=O)NCc1ccc(cc1)O[C@H]1CN(C(=O)c3ccc(C)n(C)c3=O)C[C@@H]1NC2=O. The van der Waals surface area contributed by atoms with Crippen LogP contribution in [0.25, 0.3) is 0 Å². The van der Waals surface area contributed by atoms with E-state index in [2.05, 4.69) is 10.6 Å². The van der Waals surface area contributed by atoms with Crippen molar-refractivity contribution in [3.05, 3.63) is 87.3 Å². The van der Waals surface area contributed by atoms with Crippen LogP contribution >= 0.6 is 0 Å². The Kier molecular flexibility index (Phi) is 7.45. The highest BCUT2D eigenvalue weighted by Gasteiger charge is 2.39. The Hall–Kier alpha value is -4.80. The van der Waals surface area contributed by atoms with Crippen molar-refractivity contribution in [2.45, 2.75) is 25.6 Å².